The summed E-state index contributed by atoms with van der Waals surface area (Å²) >= 11 is 0. The largest absolute Gasteiger partial charge is 2.00 e. The molecule has 0 N–H and O–H groups in total. The fourth-order valence-corrected chi connectivity index (χ4v) is 7.12. The standard InChI is InChI=1S/2C17H14O3S.Mg/c2*1-2-5-12-8-9-15-10-13-6-3-4-7-14(13)11-16(15)17(12)21(18,19)20;/h2*2-4,6-11H,1,5H2,(H,18,19,20);/q;;+2/p-2. The van der Waals surface area contributed by atoms with Crippen LogP contribution in [0.25, 0.3) is 43.1 Å². The van der Waals surface area contributed by atoms with E-state index in [0.717, 1.165) is 32.3 Å². The molecule has 43 heavy (non-hydrogen) atoms. The summed E-state index contributed by atoms with van der Waals surface area (Å²) in [6.45, 7) is 7.22. The number of fused-ring (bicyclic) bond motifs is 4. The van der Waals surface area contributed by atoms with Gasteiger partial charge in [0.05, 0.1) is 9.79 Å². The second-order valence-corrected chi connectivity index (χ2v) is 12.5. The molecular weight excluding hydrogens is 593 g/mol. The van der Waals surface area contributed by atoms with E-state index in [-0.39, 0.29) is 32.8 Å². The van der Waals surface area contributed by atoms with E-state index in [0.29, 0.717) is 34.7 Å². The van der Waals surface area contributed by atoms with Crippen LogP contribution < -0.4 is 0 Å². The van der Waals surface area contributed by atoms with Gasteiger partial charge in [-0.15, -0.1) is 13.2 Å². The smallest absolute Gasteiger partial charge is 0.744 e. The molecule has 0 atom stereocenters. The summed E-state index contributed by atoms with van der Waals surface area (Å²) < 4.78 is 70.1. The quantitative estimate of drug-likeness (QED) is 0.0871. The van der Waals surface area contributed by atoms with Crippen molar-refractivity contribution in [2.45, 2.75) is 22.6 Å². The van der Waals surface area contributed by atoms with Crippen molar-refractivity contribution in [2.75, 3.05) is 0 Å². The Morgan fingerprint density at radius 3 is 1.14 bits per heavy atom. The van der Waals surface area contributed by atoms with Crippen LogP contribution in [0.2, 0.25) is 0 Å². The third-order valence-corrected chi connectivity index (χ3v) is 9.03. The van der Waals surface area contributed by atoms with Crippen LogP contribution in [-0.2, 0) is 33.1 Å². The molecule has 0 spiro atoms. The molecule has 0 radical (unpaired) electrons. The Bertz CT molecular complexity index is 2080. The Balaban J connectivity index is 0.000000192. The first kappa shape index (κ1) is 32.3. The SMILES string of the molecule is C=CCc1ccc2cc3ccccc3cc2c1S(=O)(=O)[O-].C=CCc1ccc2cc3ccccc3cc2c1S(=O)(=O)[O-].[Mg+2]. The molecule has 0 fully saturated rings. The molecule has 6 nitrogen and oxygen atoms in total. The van der Waals surface area contributed by atoms with Crippen molar-refractivity contribution in [1.29, 1.82) is 0 Å². The molecule has 6 rings (SSSR count). The molecule has 0 unspecified atom stereocenters. The van der Waals surface area contributed by atoms with Gasteiger partial charge in [-0.2, -0.15) is 0 Å². The van der Waals surface area contributed by atoms with Gasteiger partial charge >= 0.3 is 23.1 Å². The Morgan fingerprint density at radius 1 is 0.512 bits per heavy atom. The maximum Gasteiger partial charge on any atom is 2.00 e. The average molecular weight is 619 g/mol. The number of rotatable bonds is 6. The fourth-order valence-electron chi connectivity index (χ4n) is 5.29. The number of allylic oxidation sites excluding steroid dienone is 2. The van der Waals surface area contributed by atoms with Gasteiger partial charge in [-0.3, -0.25) is 0 Å². The molecule has 0 saturated heterocycles. The summed E-state index contributed by atoms with van der Waals surface area (Å²) in [6.07, 6.45) is 3.88. The van der Waals surface area contributed by atoms with Crippen LogP contribution in [0.5, 0.6) is 0 Å². The zero-order valence-electron chi connectivity index (χ0n) is 23.2. The van der Waals surface area contributed by atoms with Gasteiger partial charge in [0.1, 0.15) is 20.2 Å². The predicted molar refractivity (Wildman–Crippen MR) is 172 cm³/mol. The van der Waals surface area contributed by atoms with Gasteiger partial charge in [0, 0.05) is 10.8 Å². The minimum atomic E-state index is -4.55. The second-order valence-electron chi connectivity index (χ2n) is 9.84. The molecular formula is C34H26MgO6S2. The molecule has 0 aliphatic heterocycles. The van der Waals surface area contributed by atoms with Crippen molar-refractivity contribution in [3.63, 3.8) is 0 Å². The first-order valence-electron chi connectivity index (χ1n) is 13.0. The van der Waals surface area contributed by atoms with Crippen molar-refractivity contribution >= 4 is 86.4 Å². The average Bonchev–Trinajstić information content (AvgIpc) is 2.94. The maximum absolute atomic E-state index is 11.7. The Labute approximate surface area is 267 Å². The minimum absolute atomic E-state index is 0. The van der Waals surface area contributed by atoms with Gasteiger partial charge in [-0.05, 0) is 80.6 Å². The van der Waals surface area contributed by atoms with E-state index in [1.807, 2.05) is 72.8 Å². The fraction of sp³-hybridized carbons (Fsp3) is 0.0588. The summed E-state index contributed by atoms with van der Waals surface area (Å²) in [5.41, 5.74) is 0.977. The topological polar surface area (TPSA) is 114 Å². The van der Waals surface area contributed by atoms with E-state index in [4.69, 9.17) is 0 Å². The summed E-state index contributed by atoms with van der Waals surface area (Å²) in [5.74, 6) is 0. The van der Waals surface area contributed by atoms with Crippen molar-refractivity contribution in [2.24, 2.45) is 0 Å². The molecule has 0 amide bonds. The number of hydrogen-bond donors (Lipinski definition) is 0. The molecule has 0 saturated carbocycles. The van der Waals surface area contributed by atoms with E-state index in [9.17, 15) is 25.9 Å². The van der Waals surface area contributed by atoms with Crippen LogP contribution in [0.3, 0.4) is 0 Å². The molecule has 0 aliphatic rings. The van der Waals surface area contributed by atoms with Crippen LogP contribution in [0.15, 0.2) is 132 Å². The van der Waals surface area contributed by atoms with Gasteiger partial charge in [0.15, 0.2) is 0 Å². The van der Waals surface area contributed by atoms with Gasteiger partial charge < -0.3 is 9.11 Å². The Kier molecular flexibility index (Phi) is 9.75. The third kappa shape index (κ3) is 6.83. The van der Waals surface area contributed by atoms with Gasteiger partial charge in [0.25, 0.3) is 0 Å². The molecule has 6 aromatic rings. The first-order chi connectivity index (χ1) is 20.0. The molecule has 0 bridgehead atoms. The summed E-state index contributed by atoms with van der Waals surface area (Å²) in [7, 11) is -9.10. The monoisotopic (exact) mass is 618 g/mol. The van der Waals surface area contributed by atoms with Gasteiger partial charge in [0.2, 0.25) is 0 Å². The zero-order valence-corrected chi connectivity index (χ0v) is 26.2. The summed E-state index contributed by atoms with van der Waals surface area (Å²) in [5, 5.41) is 6.28. The van der Waals surface area contributed by atoms with Gasteiger partial charge in [-0.25, -0.2) is 16.8 Å². The number of benzene rings is 6. The van der Waals surface area contributed by atoms with Crippen LogP contribution in [-0.4, -0.2) is 49.0 Å². The third-order valence-electron chi connectivity index (χ3n) is 7.06. The zero-order chi connectivity index (χ0) is 30.1. The molecule has 9 heteroatoms. The van der Waals surface area contributed by atoms with E-state index >= 15 is 0 Å². The summed E-state index contributed by atoms with van der Waals surface area (Å²) in [4.78, 5) is -0.267. The van der Waals surface area contributed by atoms with Crippen LogP contribution in [0.4, 0.5) is 0 Å². The van der Waals surface area contributed by atoms with Crippen molar-refractivity contribution in [3.05, 3.63) is 133 Å². The van der Waals surface area contributed by atoms with E-state index in [1.54, 1.807) is 36.4 Å². The molecule has 0 heterocycles. The van der Waals surface area contributed by atoms with Crippen LogP contribution >= 0.6 is 0 Å². The van der Waals surface area contributed by atoms with Crippen molar-refractivity contribution in [3.8, 4) is 0 Å². The maximum atomic E-state index is 11.7. The molecule has 0 aliphatic carbocycles. The van der Waals surface area contributed by atoms with E-state index in [2.05, 4.69) is 13.2 Å². The van der Waals surface area contributed by atoms with Crippen LogP contribution in [0, 0.1) is 0 Å². The predicted octanol–water partition coefficient (Wildman–Crippen LogP) is 6.87. The molecule has 6 aromatic carbocycles. The van der Waals surface area contributed by atoms with Crippen LogP contribution in [0.1, 0.15) is 11.1 Å². The van der Waals surface area contributed by atoms with Crippen molar-refractivity contribution in [1.82, 2.24) is 0 Å². The first-order valence-corrected chi connectivity index (χ1v) is 15.9. The normalized spacial score (nSPS) is 11.6. The minimum Gasteiger partial charge on any atom is -0.744 e. The van der Waals surface area contributed by atoms with E-state index < -0.39 is 20.2 Å². The van der Waals surface area contributed by atoms with Gasteiger partial charge in [-0.1, -0.05) is 84.9 Å². The number of hydrogen-bond acceptors (Lipinski definition) is 6. The second kappa shape index (κ2) is 13.0. The van der Waals surface area contributed by atoms with Crippen molar-refractivity contribution < 1.29 is 25.9 Å². The molecule has 0 aromatic heterocycles. The van der Waals surface area contributed by atoms with E-state index in [1.165, 1.54) is 0 Å². The Hall–Kier alpha value is -3.57. The molecule has 212 valence electrons. The Morgan fingerprint density at radius 2 is 0.837 bits per heavy atom. The summed E-state index contributed by atoms with van der Waals surface area (Å²) in [6, 6.07) is 29.7.